The Hall–Kier alpha value is -2.28. The number of benzene rings is 1. The fourth-order valence-electron chi connectivity index (χ4n) is 4.49. The predicted octanol–water partition coefficient (Wildman–Crippen LogP) is 1.22. The first-order valence-corrected chi connectivity index (χ1v) is 9.14. The molecule has 3 aliphatic heterocycles. The average Bonchev–Trinajstić information content (AvgIpc) is 3.29. The van der Waals surface area contributed by atoms with Crippen LogP contribution in [0.1, 0.15) is 12.8 Å². The summed E-state index contributed by atoms with van der Waals surface area (Å²) < 4.78 is 10.9. The van der Waals surface area contributed by atoms with Gasteiger partial charge in [0.05, 0.1) is 31.2 Å². The normalized spacial score (nSPS) is 30.5. The Balaban J connectivity index is 1.39. The fraction of sp³-hybridized carbons (Fsp3) is 0.579. The lowest BCUT2D eigenvalue weighted by Crippen LogP contribution is -2.53. The number of methoxy groups -OCH3 is 1. The highest BCUT2D eigenvalue weighted by Gasteiger charge is 2.56. The smallest absolute Gasteiger partial charge is 0.310 e. The second kappa shape index (κ2) is 6.79. The van der Waals surface area contributed by atoms with Gasteiger partial charge in [0.2, 0.25) is 5.91 Å². The van der Waals surface area contributed by atoms with Gasteiger partial charge >= 0.3 is 5.97 Å². The maximum Gasteiger partial charge on any atom is 0.310 e. The van der Waals surface area contributed by atoms with Crippen molar-refractivity contribution in [3.8, 4) is 5.75 Å². The summed E-state index contributed by atoms with van der Waals surface area (Å²) in [5, 5.41) is 9.52. The second-order valence-corrected chi connectivity index (χ2v) is 7.19. The molecule has 0 aromatic heterocycles. The molecule has 0 unspecified atom stereocenters. The lowest BCUT2D eigenvalue weighted by atomic mass is 9.78. The number of fused-ring (bicyclic) bond motifs is 2. The van der Waals surface area contributed by atoms with Gasteiger partial charge in [-0.25, -0.2) is 0 Å². The van der Waals surface area contributed by atoms with Crippen molar-refractivity contribution in [1.29, 1.82) is 0 Å². The van der Waals surface area contributed by atoms with Crippen molar-refractivity contribution in [2.75, 3.05) is 38.2 Å². The van der Waals surface area contributed by atoms with E-state index in [4.69, 9.17) is 9.47 Å². The molecule has 1 aromatic carbocycles. The van der Waals surface area contributed by atoms with Crippen molar-refractivity contribution in [2.24, 2.45) is 11.8 Å². The maximum absolute atomic E-state index is 13.0. The van der Waals surface area contributed by atoms with Gasteiger partial charge in [0.25, 0.3) is 0 Å². The van der Waals surface area contributed by atoms with Crippen molar-refractivity contribution >= 4 is 17.6 Å². The van der Waals surface area contributed by atoms with Crippen molar-refractivity contribution < 1.29 is 24.2 Å². The maximum atomic E-state index is 13.0. The number of hydrogen-bond donors (Lipinski definition) is 1. The zero-order chi connectivity index (χ0) is 18.3. The lowest BCUT2D eigenvalue weighted by molar-refractivity contribution is -0.151. The number of anilines is 1. The molecule has 4 rings (SSSR count). The Labute approximate surface area is 152 Å². The lowest BCUT2D eigenvalue weighted by Gasteiger charge is -2.38. The summed E-state index contributed by atoms with van der Waals surface area (Å²) in [5.41, 5.74) is 1.10. The minimum atomic E-state index is -0.910. The summed E-state index contributed by atoms with van der Waals surface area (Å²) in [6.07, 6.45) is 1.01. The molecule has 1 N–H and O–H groups in total. The molecule has 26 heavy (non-hydrogen) atoms. The summed E-state index contributed by atoms with van der Waals surface area (Å²) in [6.45, 7) is 2.67. The molecule has 3 saturated heterocycles. The number of carboxylic acids is 1. The van der Waals surface area contributed by atoms with Gasteiger partial charge in [-0.15, -0.1) is 0 Å². The van der Waals surface area contributed by atoms with Crippen molar-refractivity contribution in [1.82, 2.24) is 4.90 Å². The summed E-state index contributed by atoms with van der Waals surface area (Å²) in [6, 6.07) is 7.88. The summed E-state index contributed by atoms with van der Waals surface area (Å²) in [4.78, 5) is 28.6. The van der Waals surface area contributed by atoms with Crippen LogP contribution < -0.4 is 9.64 Å². The first-order valence-electron chi connectivity index (χ1n) is 9.14. The molecular formula is C19H24N2O5. The van der Waals surface area contributed by atoms with Crippen LogP contribution in [0.15, 0.2) is 24.3 Å². The molecule has 1 amide bonds. The van der Waals surface area contributed by atoms with Crippen LogP contribution in [0.5, 0.6) is 5.75 Å². The first kappa shape index (κ1) is 17.1. The topological polar surface area (TPSA) is 79.3 Å². The molecule has 3 fully saturated rings. The first-order chi connectivity index (χ1) is 12.6. The van der Waals surface area contributed by atoms with E-state index in [0.29, 0.717) is 13.1 Å². The second-order valence-electron chi connectivity index (χ2n) is 7.19. The van der Waals surface area contributed by atoms with E-state index in [-0.39, 0.29) is 18.1 Å². The van der Waals surface area contributed by atoms with Crippen LogP contribution in [0.2, 0.25) is 0 Å². The molecule has 7 nitrogen and oxygen atoms in total. The molecule has 4 atom stereocenters. The average molecular weight is 360 g/mol. The number of carbonyl (C=O) groups is 2. The summed E-state index contributed by atoms with van der Waals surface area (Å²) in [5.74, 6) is -1.37. The Morgan fingerprint density at radius 2 is 1.65 bits per heavy atom. The van der Waals surface area contributed by atoms with E-state index in [1.165, 1.54) is 0 Å². The summed E-state index contributed by atoms with van der Waals surface area (Å²) >= 11 is 0. The van der Waals surface area contributed by atoms with E-state index >= 15 is 0 Å². The van der Waals surface area contributed by atoms with Crippen molar-refractivity contribution in [3.63, 3.8) is 0 Å². The third kappa shape index (κ3) is 2.90. The number of aliphatic carboxylic acids is 1. The van der Waals surface area contributed by atoms with E-state index in [1.54, 1.807) is 7.11 Å². The number of carbonyl (C=O) groups excluding carboxylic acids is 1. The fourth-order valence-corrected chi connectivity index (χ4v) is 4.49. The van der Waals surface area contributed by atoms with Gasteiger partial charge in [-0.1, -0.05) is 0 Å². The molecule has 1 aromatic rings. The number of hydrogen-bond acceptors (Lipinski definition) is 5. The molecule has 3 heterocycles. The van der Waals surface area contributed by atoms with Gasteiger partial charge in [0.1, 0.15) is 5.75 Å². The standard InChI is InChI=1S/C19H24N2O5/c1-25-13-4-2-12(3-5-13)20-8-10-21(11-9-20)18(22)16-14-6-7-15(26-14)17(16)19(23)24/h2-5,14-17H,6-11H2,1H3,(H,23,24)/t14-,15-,16-,17-/m1/s1. The SMILES string of the molecule is COc1ccc(N2CCN(C(=O)[C@H]3[C@H](C(=O)O)[C@H]4CC[C@H]3O4)CC2)cc1. The molecule has 0 radical (unpaired) electrons. The van der Waals surface area contributed by atoms with Gasteiger partial charge in [0, 0.05) is 31.9 Å². The van der Waals surface area contributed by atoms with Gasteiger partial charge in [0.15, 0.2) is 0 Å². The molecule has 3 aliphatic rings. The highest BCUT2D eigenvalue weighted by atomic mass is 16.5. The Kier molecular flexibility index (Phi) is 4.48. The predicted molar refractivity (Wildman–Crippen MR) is 94.3 cm³/mol. The molecule has 2 bridgehead atoms. The number of carboxylic acid groups (broad SMARTS) is 1. The van der Waals surface area contributed by atoms with E-state index in [1.807, 2.05) is 29.2 Å². The third-order valence-corrected chi connectivity index (χ3v) is 5.87. The number of rotatable bonds is 4. The minimum absolute atomic E-state index is 0.0565. The van der Waals surface area contributed by atoms with Gasteiger partial charge in [-0.2, -0.15) is 0 Å². The highest BCUT2D eigenvalue weighted by molar-refractivity contribution is 5.86. The van der Waals surface area contributed by atoms with Crippen LogP contribution in [0.4, 0.5) is 5.69 Å². The zero-order valence-corrected chi connectivity index (χ0v) is 14.8. The van der Waals surface area contributed by atoms with E-state index in [0.717, 1.165) is 37.4 Å². The van der Waals surface area contributed by atoms with Crippen LogP contribution >= 0.6 is 0 Å². The summed E-state index contributed by atoms with van der Waals surface area (Å²) in [7, 11) is 1.64. The van der Waals surface area contributed by atoms with E-state index in [2.05, 4.69) is 4.90 Å². The highest BCUT2D eigenvalue weighted by Crippen LogP contribution is 2.44. The van der Waals surface area contributed by atoms with Gasteiger partial charge in [-0.3, -0.25) is 9.59 Å². The minimum Gasteiger partial charge on any atom is -0.497 e. The monoisotopic (exact) mass is 360 g/mol. The Morgan fingerprint density at radius 1 is 1.04 bits per heavy atom. The number of piperazine rings is 1. The van der Waals surface area contributed by atoms with Crippen molar-refractivity contribution in [2.45, 2.75) is 25.0 Å². The molecule has 0 saturated carbocycles. The molecule has 0 aliphatic carbocycles. The van der Waals surface area contributed by atoms with Crippen molar-refractivity contribution in [3.05, 3.63) is 24.3 Å². The van der Waals surface area contributed by atoms with E-state index < -0.39 is 17.8 Å². The van der Waals surface area contributed by atoms with Crippen LogP contribution in [-0.2, 0) is 14.3 Å². The molecule has 7 heteroatoms. The largest absolute Gasteiger partial charge is 0.497 e. The van der Waals surface area contributed by atoms with Crippen LogP contribution in [0, 0.1) is 11.8 Å². The van der Waals surface area contributed by atoms with Crippen LogP contribution in [0.3, 0.4) is 0 Å². The number of ether oxygens (including phenoxy) is 2. The number of amides is 1. The quantitative estimate of drug-likeness (QED) is 0.870. The zero-order valence-electron chi connectivity index (χ0n) is 14.8. The van der Waals surface area contributed by atoms with Crippen LogP contribution in [-0.4, -0.2) is 67.4 Å². The Morgan fingerprint density at radius 3 is 2.23 bits per heavy atom. The van der Waals surface area contributed by atoms with Crippen LogP contribution in [0.25, 0.3) is 0 Å². The molecule has 140 valence electrons. The third-order valence-electron chi connectivity index (χ3n) is 5.87. The van der Waals surface area contributed by atoms with Gasteiger partial charge < -0.3 is 24.4 Å². The van der Waals surface area contributed by atoms with E-state index in [9.17, 15) is 14.7 Å². The number of nitrogens with zero attached hydrogens (tertiary/aromatic N) is 2. The Bertz CT molecular complexity index is 684. The molecular weight excluding hydrogens is 336 g/mol. The van der Waals surface area contributed by atoms with Gasteiger partial charge in [-0.05, 0) is 37.1 Å². The molecule has 0 spiro atoms.